The number of methoxy groups -OCH3 is 1. The van der Waals surface area contributed by atoms with Crippen molar-refractivity contribution in [1.82, 2.24) is 4.90 Å². The van der Waals surface area contributed by atoms with Gasteiger partial charge >= 0.3 is 0 Å². The maximum absolute atomic E-state index is 15.0. The van der Waals surface area contributed by atoms with Crippen LogP contribution in [0.25, 0.3) is 0 Å². The van der Waals surface area contributed by atoms with Crippen molar-refractivity contribution in [3.63, 3.8) is 0 Å². The number of piperidine rings is 1. The fraction of sp³-hybridized carbons (Fsp3) is 0.692. The van der Waals surface area contributed by atoms with Gasteiger partial charge < -0.3 is 19.5 Å². The van der Waals surface area contributed by atoms with Gasteiger partial charge in [0.1, 0.15) is 6.10 Å². The second-order valence-electron chi connectivity index (χ2n) is 10.00. The molecule has 0 saturated carbocycles. The summed E-state index contributed by atoms with van der Waals surface area (Å²) in [6.07, 6.45) is 5.65. The van der Waals surface area contributed by atoms with Crippen LogP contribution in [-0.4, -0.2) is 55.1 Å². The highest BCUT2D eigenvalue weighted by molar-refractivity contribution is 5.54. The number of halogens is 1. The number of likely N-dealkylation sites (tertiary alicyclic amines) is 1. The summed E-state index contributed by atoms with van der Waals surface area (Å²) in [5.41, 5.74) is 0.367. The van der Waals surface area contributed by atoms with E-state index >= 15 is 0 Å². The van der Waals surface area contributed by atoms with Crippen molar-refractivity contribution in [3.8, 4) is 5.75 Å². The monoisotopic (exact) mass is 433 g/mol. The highest BCUT2D eigenvalue weighted by Crippen LogP contribution is 2.63. The van der Waals surface area contributed by atoms with Gasteiger partial charge in [-0.3, -0.25) is 0 Å². The van der Waals surface area contributed by atoms with Crippen LogP contribution in [-0.2, 0) is 10.2 Å². The van der Waals surface area contributed by atoms with E-state index < -0.39 is 16.4 Å². The molecule has 0 radical (unpaired) electrons. The van der Waals surface area contributed by atoms with E-state index in [9.17, 15) is 9.50 Å². The van der Waals surface area contributed by atoms with E-state index in [1.807, 2.05) is 19.9 Å². The van der Waals surface area contributed by atoms with Crippen molar-refractivity contribution in [1.29, 1.82) is 0 Å². The van der Waals surface area contributed by atoms with Crippen LogP contribution < -0.4 is 4.74 Å². The molecule has 0 aliphatic carbocycles. The molecule has 4 nitrogen and oxygen atoms in total. The Hall–Kier alpha value is -1.43. The highest BCUT2D eigenvalue weighted by atomic mass is 19.1. The standard InChI is InChI=1S/C26H40FNO3/c1-8-12-24(5,29)13-14-25(9-2)19(4)28(6)16-15-26(25)21(17-30-7)31-23-20(27)11-10-18(3)22(23)26/h9-11,19,21,29H,2,8,12-17H2,1,3-7H3/t19?,21-,24?,25+,26+/m0/s1. The summed E-state index contributed by atoms with van der Waals surface area (Å²) in [5.74, 6) is 0.0476. The van der Waals surface area contributed by atoms with Gasteiger partial charge in [-0.05, 0) is 71.7 Å². The first-order chi connectivity index (χ1) is 14.6. The van der Waals surface area contributed by atoms with E-state index in [1.165, 1.54) is 6.07 Å². The van der Waals surface area contributed by atoms with E-state index in [-0.39, 0.29) is 18.0 Å². The number of ether oxygens (including phenoxy) is 2. The quantitative estimate of drug-likeness (QED) is 0.586. The average Bonchev–Trinajstić information content (AvgIpc) is 3.05. The van der Waals surface area contributed by atoms with E-state index in [0.29, 0.717) is 18.8 Å². The topological polar surface area (TPSA) is 41.9 Å². The number of benzene rings is 1. The zero-order valence-electron chi connectivity index (χ0n) is 20.1. The van der Waals surface area contributed by atoms with Crippen molar-refractivity contribution < 1.29 is 19.0 Å². The van der Waals surface area contributed by atoms with Crippen molar-refractivity contribution in [3.05, 3.63) is 41.7 Å². The van der Waals surface area contributed by atoms with E-state index in [4.69, 9.17) is 9.47 Å². The Kier molecular flexibility index (Phi) is 6.90. The summed E-state index contributed by atoms with van der Waals surface area (Å²) in [7, 11) is 3.81. The third-order valence-corrected chi connectivity index (χ3v) is 8.22. The lowest BCUT2D eigenvalue weighted by Gasteiger charge is -2.59. The smallest absolute Gasteiger partial charge is 0.165 e. The molecule has 31 heavy (non-hydrogen) atoms. The first-order valence-corrected chi connectivity index (χ1v) is 11.6. The summed E-state index contributed by atoms with van der Waals surface area (Å²) >= 11 is 0. The van der Waals surface area contributed by atoms with Crippen LogP contribution in [0.4, 0.5) is 4.39 Å². The van der Waals surface area contributed by atoms with Crippen LogP contribution in [0.2, 0.25) is 0 Å². The minimum absolute atomic E-state index is 0.146. The van der Waals surface area contributed by atoms with Crippen molar-refractivity contribution in [2.45, 2.75) is 83.0 Å². The third kappa shape index (κ3) is 3.73. The summed E-state index contributed by atoms with van der Waals surface area (Å²) in [5, 5.41) is 11.0. The molecule has 2 heterocycles. The predicted octanol–water partition coefficient (Wildman–Crippen LogP) is 5.01. The van der Waals surface area contributed by atoms with Gasteiger partial charge in [0.15, 0.2) is 11.6 Å². The zero-order chi connectivity index (χ0) is 23.0. The highest BCUT2D eigenvalue weighted by Gasteiger charge is 2.65. The molecule has 1 N–H and O–H groups in total. The molecule has 1 spiro atoms. The van der Waals surface area contributed by atoms with Crippen molar-refractivity contribution in [2.24, 2.45) is 5.41 Å². The van der Waals surface area contributed by atoms with E-state index in [0.717, 1.165) is 43.4 Å². The maximum atomic E-state index is 15.0. The van der Waals surface area contributed by atoms with Crippen LogP contribution in [0.5, 0.6) is 5.75 Å². The Morgan fingerprint density at radius 1 is 1.42 bits per heavy atom. The first-order valence-electron chi connectivity index (χ1n) is 11.6. The number of aliphatic hydroxyl groups is 1. The van der Waals surface area contributed by atoms with Crippen LogP contribution in [0.3, 0.4) is 0 Å². The Morgan fingerprint density at radius 2 is 2.13 bits per heavy atom. The van der Waals surface area contributed by atoms with Crippen LogP contribution in [0, 0.1) is 18.2 Å². The van der Waals surface area contributed by atoms with Gasteiger partial charge in [0.2, 0.25) is 0 Å². The molecule has 5 atom stereocenters. The fourth-order valence-electron chi connectivity index (χ4n) is 6.45. The van der Waals surface area contributed by atoms with Crippen molar-refractivity contribution >= 4 is 0 Å². The van der Waals surface area contributed by atoms with Gasteiger partial charge in [-0.15, -0.1) is 6.58 Å². The molecule has 1 aromatic carbocycles. The minimum Gasteiger partial charge on any atom is -0.484 e. The summed E-state index contributed by atoms with van der Waals surface area (Å²) < 4.78 is 26.9. The molecular weight excluding hydrogens is 393 g/mol. The molecule has 0 amide bonds. The fourth-order valence-corrected chi connectivity index (χ4v) is 6.45. The van der Waals surface area contributed by atoms with Gasteiger partial charge in [0, 0.05) is 24.1 Å². The third-order valence-electron chi connectivity index (χ3n) is 8.22. The van der Waals surface area contributed by atoms with Crippen LogP contribution in [0.1, 0.15) is 64.0 Å². The molecule has 1 fully saturated rings. The number of hydrogen-bond acceptors (Lipinski definition) is 4. The lowest BCUT2D eigenvalue weighted by molar-refractivity contribution is -0.0811. The second-order valence-corrected chi connectivity index (χ2v) is 10.00. The van der Waals surface area contributed by atoms with E-state index in [2.05, 4.69) is 38.5 Å². The second kappa shape index (κ2) is 8.84. The first kappa shape index (κ1) is 24.2. The largest absolute Gasteiger partial charge is 0.484 e. The Bertz CT molecular complexity index is 810. The van der Waals surface area contributed by atoms with E-state index in [1.54, 1.807) is 7.11 Å². The lowest BCUT2D eigenvalue weighted by Crippen LogP contribution is -2.65. The summed E-state index contributed by atoms with van der Waals surface area (Å²) in [6.45, 7) is 13.9. The number of hydrogen-bond donors (Lipinski definition) is 1. The summed E-state index contributed by atoms with van der Waals surface area (Å²) in [6, 6.07) is 3.50. The van der Waals surface area contributed by atoms with Crippen LogP contribution in [0.15, 0.2) is 24.8 Å². The normalized spacial score (nSPS) is 32.5. The molecule has 2 unspecified atom stereocenters. The van der Waals surface area contributed by atoms with Gasteiger partial charge in [0.05, 0.1) is 17.6 Å². The molecular formula is C26H40FNO3. The van der Waals surface area contributed by atoms with Crippen molar-refractivity contribution in [2.75, 3.05) is 27.3 Å². The lowest BCUT2D eigenvalue weighted by atomic mass is 9.49. The molecule has 0 aromatic heterocycles. The van der Waals surface area contributed by atoms with Gasteiger partial charge in [-0.25, -0.2) is 4.39 Å². The molecule has 2 aliphatic heterocycles. The Morgan fingerprint density at radius 3 is 2.74 bits per heavy atom. The van der Waals surface area contributed by atoms with Gasteiger partial charge in [-0.2, -0.15) is 0 Å². The number of rotatable bonds is 8. The number of aryl methyl sites for hydroxylation is 1. The zero-order valence-corrected chi connectivity index (χ0v) is 20.1. The Balaban J connectivity index is 2.23. The molecule has 1 saturated heterocycles. The molecule has 0 bridgehead atoms. The molecule has 1 aromatic rings. The minimum atomic E-state index is -0.752. The summed E-state index contributed by atoms with van der Waals surface area (Å²) in [4.78, 5) is 2.36. The van der Waals surface area contributed by atoms with Gasteiger partial charge in [0.25, 0.3) is 0 Å². The number of fused-ring (bicyclic) bond motifs is 2. The molecule has 174 valence electrons. The molecule has 2 aliphatic rings. The predicted molar refractivity (Wildman–Crippen MR) is 123 cm³/mol. The molecule has 5 heteroatoms. The molecule has 3 rings (SSSR count). The Labute approximate surface area is 187 Å². The van der Waals surface area contributed by atoms with Gasteiger partial charge in [-0.1, -0.05) is 25.5 Å². The average molecular weight is 434 g/mol. The van der Waals surface area contributed by atoms with Crippen LogP contribution >= 0.6 is 0 Å². The number of nitrogens with zero attached hydrogens (tertiary/aromatic N) is 1. The SMILES string of the molecule is C=C[C@@]1(CCC(C)(O)CCC)C(C)N(C)CC[C@@]12c1c(C)ccc(F)c1O[C@H]2COC. The maximum Gasteiger partial charge on any atom is 0.165 e.